The lowest BCUT2D eigenvalue weighted by atomic mass is 9.66. The Morgan fingerprint density at radius 1 is 0.225 bits per heavy atom. The Hall–Kier alpha value is -12.3. The highest BCUT2D eigenvalue weighted by Gasteiger charge is 2.48. The fraction of sp³-hybridized carbons (Fsp3) is 0.0213. The third-order valence-corrected chi connectivity index (χ3v) is 20.0. The Labute approximate surface area is 603 Å². The lowest BCUT2D eigenvalue weighted by Gasteiger charge is -2.34. The second kappa shape index (κ2) is 28.5. The van der Waals surface area contributed by atoms with Crippen LogP contribution in [0.2, 0.25) is 0 Å². The molecule has 2 N–H and O–H groups in total. The van der Waals surface area contributed by atoms with Gasteiger partial charge in [0.25, 0.3) is 0 Å². The summed E-state index contributed by atoms with van der Waals surface area (Å²) in [7, 11) is -1.50. The maximum absolute atomic E-state index is 9.84. The van der Waals surface area contributed by atoms with Gasteiger partial charge in [-0.3, -0.25) is 0 Å². The van der Waals surface area contributed by atoms with E-state index < -0.39 is 17.9 Å². The average Bonchev–Trinajstić information content (AvgIpc) is 1.54. The van der Waals surface area contributed by atoms with Crippen molar-refractivity contribution in [3.8, 4) is 101 Å². The van der Waals surface area contributed by atoms with Crippen LogP contribution in [0.3, 0.4) is 0 Å². The monoisotopic (exact) mass is 1370 g/mol. The van der Waals surface area contributed by atoms with E-state index in [1.54, 1.807) is 6.07 Å². The number of aromatic nitrogens is 4. The molecule has 0 amide bonds. The van der Waals surface area contributed by atoms with Gasteiger partial charge in [-0.25, -0.2) is 19.9 Å². The zero-order valence-electron chi connectivity index (χ0n) is 55.6. The van der Waals surface area contributed by atoms with Crippen molar-refractivity contribution in [1.29, 1.82) is 0 Å². The maximum atomic E-state index is 9.84. The fourth-order valence-corrected chi connectivity index (χ4v) is 15.3. The van der Waals surface area contributed by atoms with Gasteiger partial charge in [-0.15, -0.1) is 0 Å². The van der Waals surface area contributed by atoms with Crippen LogP contribution in [-0.2, 0) is 10.8 Å². The van der Waals surface area contributed by atoms with Gasteiger partial charge in [0.05, 0.1) is 33.6 Å². The van der Waals surface area contributed by atoms with E-state index in [0.717, 1.165) is 99.8 Å². The predicted octanol–water partition coefficient (Wildman–Crippen LogP) is 21.5. The van der Waals surface area contributed by atoms with Gasteiger partial charge in [-0.05, 0) is 120 Å². The molecule has 0 saturated heterocycles. The zero-order valence-corrected chi connectivity index (χ0v) is 57.2. The van der Waals surface area contributed by atoms with Crippen LogP contribution in [0.15, 0.2) is 393 Å². The van der Waals surface area contributed by atoms with Crippen molar-refractivity contribution in [3.05, 3.63) is 437 Å². The molecule has 0 unspecified atom stereocenters. The van der Waals surface area contributed by atoms with Crippen molar-refractivity contribution in [2.75, 3.05) is 0 Å². The average molecular weight is 1370 g/mol. The number of halogens is 1. The molecule has 102 heavy (non-hydrogen) atoms. The molecule has 16 aromatic rings. The minimum Gasteiger partial charge on any atom is -0.423 e. The predicted molar refractivity (Wildman–Crippen MR) is 421 cm³/mol. The lowest BCUT2D eigenvalue weighted by Crippen LogP contribution is -2.33. The van der Waals surface area contributed by atoms with Crippen LogP contribution in [0.5, 0.6) is 0 Å². The van der Waals surface area contributed by atoms with E-state index >= 15 is 0 Å². The Kier molecular flexibility index (Phi) is 18.0. The van der Waals surface area contributed by atoms with Crippen LogP contribution in [0.1, 0.15) is 44.5 Å². The van der Waals surface area contributed by atoms with Crippen molar-refractivity contribution in [3.63, 3.8) is 0 Å². The number of rotatable bonds is 12. The van der Waals surface area contributed by atoms with Gasteiger partial charge in [-0.2, -0.15) is 0 Å². The van der Waals surface area contributed by atoms with Gasteiger partial charge in [0.1, 0.15) is 0 Å². The minimum absolute atomic E-state index is 0.445. The Bertz CT molecular complexity index is 5420. The van der Waals surface area contributed by atoms with Crippen LogP contribution in [-0.4, -0.2) is 37.1 Å². The van der Waals surface area contributed by atoms with Gasteiger partial charge in [0.2, 0.25) is 0 Å². The molecule has 2 aromatic heterocycles. The van der Waals surface area contributed by atoms with Gasteiger partial charge in [0, 0.05) is 37.9 Å². The maximum Gasteiger partial charge on any atom is 0.488 e. The first-order chi connectivity index (χ1) is 50.3. The first-order valence-corrected chi connectivity index (χ1v) is 35.0. The zero-order chi connectivity index (χ0) is 68.8. The van der Waals surface area contributed by atoms with Crippen molar-refractivity contribution in [2.24, 2.45) is 0 Å². The molecule has 2 heterocycles. The third-order valence-electron chi connectivity index (χ3n) is 19.5. The normalized spacial score (nSPS) is 12.4. The minimum atomic E-state index is -1.50. The van der Waals surface area contributed by atoms with E-state index in [9.17, 15) is 10.0 Å². The summed E-state index contributed by atoms with van der Waals surface area (Å²) >= 11 is 3.53. The van der Waals surface area contributed by atoms with Crippen LogP contribution >= 0.6 is 15.9 Å². The highest BCUT2D eigenvalue weighted by Crippen LogP contribution is 2.58. The Balaban J connectivity index is 0.000000129. The van der Waals surface area contributed by atoms with E-state index in [0.29, 0.717) is 11.3 Å². The smallest absolute Gasteiger partial charge is 0.423 e. The molecule has 0 spiro atoms. The van der Waals surface area contributed by atoms with E-state index in [-0.39, 0.29) is 0 Å². The summed E-state index contributed by atoms with van der Waals surface area (Å²) in [6.45, 7) is 0. The van der Waals surface area contributed by atoms with Crippen LogP contribution in [0.4, 0.5) is 0 Å². The molecule has 14 aromatic carbocycles. The first kappa shape index (κ1) is 64.4. The summed E-state index contributed by atoms with van der Waals surface area (Å²) in [5.74, 6) is 1.43. The molecule has 0 fully saturated rings. The molecule has 0 saturated carbocycles. The summed E-state index contributed by atoms with van der Waals surface area (Å²) in [5.41, 5.74) is 26.4. The summed E-state index contributed by atoms with van der Waals surface area (Å²) in [6.07, 6.45) is 0. The molecule has 0 aliphatic heterocycles. The van der Waals surface area contributed by atoms with E-state index in [4.69, 9.17) is 19.9 Å². The molecule has 18 rings (SSSR count). The second-order valence-corrected chi connectivity index (χ2v) is 26.4. The van der Waals surface area contributed by atoms with E-state index in [1.807, 2.05) is 103 Å². The van der Waals surface area contributed by atoms with Crippen molar-refractivity contribution in [1.82, 2.24) is 19.9 Å². The Morgan fingerprint density at radius 3 is 0.902 bits per heavy atom. The SMILES string of the molecule is Brc1cccc(-c2nc(-c3ccccc3)cc(-c3ccccc3)n2)c1.OB(O)c1ccc2c(c1)C(c1ccccc1)(c1ccccc1)c1ccccc1-2.c1ccc(-c2cc(-c3ccccc3)nc(-c3cccc(-c4ccc5c(c4)C(c4ccccc4)(c4ccccc4)c4ccccc4-5)c3)n2)cc1. The fourth-order valence-electron chi connectivity index (χ4n) is 14.9. The number of hydrogen-bond donors (Lipinski definition) is 2. The Morgan fingerprint density at radius 2 is 0.520 bits per heavy atom. The standard InChI is InChI=1S/C47H32N2.C25H19BO2.C22H15BrN2/c1-5-16-33(17-6-1)44-32-45(34-18-7-2-8-19-34)49-46(48-44)37-21-15-20-35(30-37)36-28-29-41-40-26-13-14-27-42(40)47(43(41)31-36,38-22-9-3-10-23-38)39-24-11-4-12-25-39;27-26(28)20-15-16-22-21-13-7-8-14-23(21)25(24(22)17-20,18-9-3-1-4-10-18)19-11-5-2-6-12-19;23-19-13-7-12-18(14-19)22-24-20(16-8-3-1-4-9-16)15-21(25-22)17-10-5-2-6-11-17/h1-32H;1-17,27-28H;1-15H. The highest BCUT2D eigenvalue weighted by molar-refractivity contribution is 9.10. The van der Waals surface area contributed by atoms with Gasteiger partial charge in [-0.1, -0.05) is 368 Å². The molecule has 2 aliphatic rings. The molecule has 0 atom stereocenters. The third kappa shape index (κ3) is 12.3. The molecule has 0 radical (unpaired) electrons. The van der Waals surface area contributed by atoms with Crippen molar-refractivity contribution in [2.45, 2.75) is 10.8 Å². The van der Waals surface area contributed by atoms with Gasteiger partial charge in [0.15, 0.2) is 11.6 Å². The highest BCUT2D eigenvalue weighted by atomic mass is 79.9. The van der Waals surface area contributed by atoms with Crippen LogP contribution in [0, 0.1) is 0 Å². The van der Waals surface area contributed by atoms with Crippen LogP contribution in [0.25, 0.3) is 101 Å². The molecule has 2 aliphatic carbocycles. The topological polar surface area (TPSA) is 92.0 Å². The van der Waals surface area contributed by atoms with Crippen LogP contribution < -0.4 is 5.46 Å². The summed E-state index contributed by atoms with van der Waals surface area (Å²) < 4.78 is 1.01. The quantitative estimate of drug-likeness (QED) is 0.118. The number of nitrogens with zero attached hydrogens (tertiary/aromatic N) is 4. The van der Waals surface area contributed by atoms with Crippen molar-refractivity contribution >= 4 is 28.5 Å². The van der Waals surface area contributed by atoms with E-state index in [1.165, 1.54) is 44.5 Å². The first-order valence-electron chi connectivity index (χ1n) is 34.2. The molecule has 6 nitrogen and oxygen atoms in total. The van der Waals surface area contributed by atoms with Gasteiger partial charge >= 0.3 is 7.12 Å². The summed E-state index contributed by atoms with van der Waals surface area (Å²) in [4.78, 5) is 19.8. The molecular formula is C94H66BBrN4O2. The summed E-state index contributed by atoms with van der Waals surface area (Å²) in [6, 6.07) is 135. The van der Waals surface area contributed by atoms with Crippen molar-refractivity contribution < 1.29 is 10.0 Å². The number of hydrogen-bond acceptors (Lipinski definition) is 6. The molecule has 8 heteroatoms. The largest absolute Gasteiger partial charge is 0.488 e. The second-order valence-electron chi connectivity index (χ2n) is 25.5. The number of benzene rings is 14. The summed E-state index contributed by atoms with van der Waals surface area (Å²) in [5, 5.41) is 19.7. The number of fused-ring (bicyclic) bond motifs is 6. The van der Waals surface area contributed by atoms with E-state index in [2.05, 4.69) is 295 Å². The molecule has 484 valence electrons. The molecular weight excluding hydrogens is 1310 g/mol. The van der Waals surface area contributed by atoms with Gasteiger partial charge < -0.3 is 10.0 Å². The molecule has 0 bridgehead atoms. The lowest BCUT2D eigenvalue weighted by molar-refractivity contribution is 0.425.